The van der Waals surface area contributed by atoms with Gasteiger partial charge in [-0.2, -0.15) is 0 Å². The first-order chi connectivity index (χ1) is 11.1. The number of hydrogen-bond acceptors (Lipinski definition) is 6. The van der Waals surface area contributed by atoms with Crippen molar-refractivity contribution in [1.29, 1.82) is 0 Å². The van der Waals surface area contributed by atoms with E-state index in [1.54, 1.807) is 12.1 Å². The van der Waals surface area contributed by atoms with Crippen molar-refractivity contribution in [2.45, 2.75) is 18.0 Å². The first-order valence-corrected chi connectivity index (χ1v) is 8.20. The monoisotopic (exact) mass is 333 g/mol. The Bertz CT molecular complexity index is 709. The lowest BCUT2D eigenvalue weighted by atomic mass is 10.2. The molecule has 3 rings (SSSR count). The van der Waals surface area contributed by atoms with Gasteiger partial charge in [0.2, 0.25) is 11.1 Å². The lowest BCUT2D eigenvalue weighted by molar-refractivity contribution is -0.384. The Morgan fingerprint density at radius 2 is 2.00 bits per heavy atom. The summed E-state index contributed by atoms with van der Waals surface area (Å²) in [6.07, 6.45) is 2.14. The second-order valence-corrected chi connectivity index (χ2v) is 6.09. The number of non-ortho nitro benzene ring substituents is 1. The predicted molar refractivity (Wildman–Crippen MR) is 85.0 cm³/mol. The number of nitrogens with one attached hydrogen (secondary N) is 1. The molecular formula is C14H15N5O3S. The van der Waals surface area contributed by atoms with Crippen LogP contribution in [0.15, 0.2) is 29.4 Å². The van der Waals surface area contributed by atoms with E-state index in [1.807, 2.05) is 4.90 Å². The normalized spacial score (nSPS) is 14.2. The van der Waals surface area contributed by atoms with Gasteiger partial charge in [-0.15, -0.1) is 5.10 Å². The highest BCUT2D eigenvalue weighted by Crippen LogP contribution is 2.22. The Hall–Kier alpha value is -2.42. The van der Waals surface area contributed by atoms with Crippen molar-refractivity contribution in [1.82, 2.24) is 20.1 Å². The minimum absolute atomic E-state index is 0.0269. The molecule has 23 heavy (non-hydrogen) atoms. The Morgan fingerprint density at radius 3 is 2.65 bits per heavy atom. The number of rotatable bonds is 5. The van der Waals surface area contributed by atoms with E-state index in [0.717, 1.165) is 25.9 Å². The molecule has 0 unspecified atom stereocenters. The maximum Gasteiger partial charge on any atom is 0.269 e. The number of carbonyl (C=O) groups is 1. The highest BCUT2D eigenvalue weighted by atomic mass is 32.2. The standard InChI is InChI=1S/C14H15N5O3S/c20-12(18-7-1-2-8-18)9-23-14-15-13(16-17-14)10-3-5-11(6-4-10)19(21)22/h3-6H,1-2,7-9H2,(H,15,16,17). The van der Waals surface area contributed by atoms with Crippen molar-refractivity contribution in [3.05, 3.63) is 34.4 Å². The quantitative estimate of drug-likeness (QED) is 0.510. The molecule has 1 aliphatic heterocycles. The number of nitrogens with zero attached hydrogens (tertiary/aromatic N) is 4. The van der Waals surface area contributed by atoms with Gasteiger partial charge in [0.1, 0.15) is 0 Å². The molecule has 0 saturated carbocycles. The van der Waals surface area contributed by atoms with Gasteiger partial charge in [0, 0.05) is 30.8 Å². The predicted octanol–water partition coefficient (Wildman–Crippen LogP) is 2.09. The van der Waals surface area contributed by atoms with Crippen molar-refractivity contribution in [3.63, 3.8) is 0 Å². The smallest absolute Gasteiger partial charge is 0.269 e. The van der Waals surface area contributed by atoms with Gasteiger partial charge in [-0.3, -0.25) is 20.0 Å². The number of H-pyrrole nitrogens is 1. The molecule has 1 amide bonds. The first-order valence-electron chi connectivity index (χ1n) is 7.21. The number of amides is 1. The Balaban J connectivity index is 1.61. The van der Waals surface area contributed by atoms with E-state index in [0.29, 0.717) is 22.3 Å². The van der Waals surface area contributed by atoms with Crippen molar-refractivity contribution in [3.8, 4) is 11.4 Å². The molecule has 0 spiro atoms. The van der Waals surface area contributed by atoms with Crippen molar-refractivity contribution in [2.75, 3.05) is 18.8 Å². The average molecular weight is 333 g/mol. The summed E-state index contributed by atoms with van der Waals surface area (Å²) < 4.78 is 0. The van der Waals surface area contributed by atoms with Crippen LogP contribution in [-0.2, 0) is 4.79 Å². The lowest BCUT2D eigenvalue weighted by Crippen LogP contribution is -2.29. The third kappa shape index (κ3) is 3.67. The fourth-order valence-electron chi connectivity index (χ4n) is 2.37. The summed E-state index contributed by atoms with van der Waals surface area (Å²) in [5, 5.41) is 18.0. The fraction of sp³-hybridized carbons (Fsp3) is 0.357. The van der Waals surface area contributed by atoms with Gasteiger partial charge in [0.05, 0.1) is 10.7 Å². The van der Waals surface area contributed by atoms with Crippen LogP contribution in [0.4, 0.5) is 5.69 Å². The SMILES string of the molecule is O=C(CSc1n[nH]c(-c2ccc([N+](=O)[O-])cc2)n1)N1CCCC1. The van der Waals surface area contributed by atoms with E-state index >= 15 is 0 Å². The number of hydrogen-bond donors (Lipinski definition) is 1. The summed E-state index contributed by atoms with van der Waals surface area (Å²) in [7, 11) is 0. The number of thioether (sulfide) groups is 1. The van der Waals surface area contributed by atoms with E-state index in [9.17, 15) is 14.9 Å². The molecular weight excluding hydrogens is 318 g/mol. The number of aromatic amines is 1. The summed E-state index contributed by atoms with van der Waals surface area (Å²) in [5.74, 6) is 0.947. The Labute approximate surface area is 136 Å². The van der Waals surface area contributed by atoms with Crippen LogP contribution in [0.5, 0.6) is 0 Å². The van der Waals surface area contributed by atoms with Crippen LogP contribution in [-0.4, -0.2) is 49.8 Å². The largest absolute Gasteiger partial charge is 0.342 e. The lowest BCUT2D eigenvalue weighted by Gasteiger charge is -2.13. The van der Waals surface area contributed by atoms with E-state index in [4.69, 9.17) is 0 Å². The van der Waals surface area contributed by atoms with Gasteiger partial charge in [0.25, 0.3) is 5.69 Å². The van der Waals surface area contributed by atoms with Crippen LogP contribution >= 0.6 is 11.8 Å². The number of likely N-dealkylation sites (tertiary alicyclic amines) is 1. The Morgan fingerprint density at radius 1 is 1.30 bits per heavy atom. The van der Waals surface area contributed by atoms with Crippen LogP contribution in [0.25, 0.3) is 11.4 Å². The minimum Gasteiger partial charge on any atom is -0.342 e. The summed E-state index contributed by atoms with van der Waals surface area (Å²) in [6, 6.07) is 6.06. The highest BCUT2D eigenvalue weighted by Gasteiger charge is 2.18. The Kier molecular flexibility index (Phi) is 4.56. The van der Waals surface area contributed by atoms with Gasteiger partial charge < -0.3 is 4.90 Å². The average Bonchev–Trinajstić information content (AvgIpc) is 3.24. The van der Waals surface area contributed by atoms with Crippen LogP contribution < -0.4 is 0 Å². The number of carbonyl (C=O) groups excluding carboxylic acids is 1. The molecule has 0 bridgehead atoms. The first kappa shape index (κ1) is 15.5. The van der Waals surface area contributed by atoms with E-state index in [-0.39, 0.29) is 11.6 Å². The molecule has 2 heterocycles. The summed E-state index contributed by atoms with van der Waals surface area (Å²) in [5.41, 5.74) is 0.736. The maximum atomic E-state index is 12.0. The molecule has 1 N–H and O–H groups in total. The molecule has 2 aromatic rings. The van der Waals surface area contributed by atoms with Crippen molar-refractivity contribution in [2.24, 2.45) is 0 Å². The third-order valence-corrected chi connectivity index (χ3v) is 4.43. The molecule has 1 aliphatic rings. The number of aromatic nitrogens is 3. The maximum absolute atomic E-state index is 12.0. The van der Waals surface area contributed by atoms with E-state index in [2.05, 4.69) is 15.2 Å². The van der Waals surface area contributed by atoms with Crippen LogP contribution in [0.2, 0.25) is 0 Å². The molecule has 1 fully saturated rings. The van der Waals surface area contributed by atoms with Crippen molar-refractivity contribution < 1.29 is 9.72 Å². The van der Waals surface area contributed by atoms with Crippen LogP contribution in [0.3, 0.4) is 0 Å². The third-order valence-electron chi connectivity index (χ3n) is 3.60. The molecule has 1 aromatic carbocycles. The molecule has 1 saturated heterocycles. The molecule has 8 nitrogen and oxygen atoms in total. The second kappa shape index (κ2) is 6.78. The minimum atomic E-state index is -0.449. The zero-order valence-corrected chi connectivity index (χ0v) is 13.1. The zero-order chi connectivity index (χ0) is 16.2. The van der Waals surface area contributed by atoms with Crippen LogP contribution in [0.1, 0.15) is 12.8 Å². The number of nitro groups is 1. The van der Waals surface area contributed by atoms with Gasteiger partial charge in [-0.25, -0.2) is 4.98 Å². The van der Waals surface area contributed by atoms with Gasteiger partial charge >= 0.3 is 0 Å². The molecule has 0 aliphatic carbocycles. The molecule has 9 heteroatoms. The van der Waals surface area contributed by atoms with Crippen molar-refractivity contribution >= 4 is 23.4 Å². The van der Waals surface area contributed by atoms with Gasteiger partial charge in [-0.05, 0) is 25.0 Å². The molecule has 0 atom stereocenters. The summed E-state index contributed by atoms with van der Waals surface area (Å²) in [6.45, 7) is 1.67. The van der Waals surface area contributed by atoms with E-state index in [1.165, 1.54) is 23.9 Å². The summed E-state index contributed by atoms with van der Waals surface area (Å²) in [4.78, 5) is 28.3. The number of nitro benzene ring substituents is 1. The van der Waals surface area contributed by atoms with Crippen LogP contribution in [0, 0.1) is 10.1 Å². The zero-order valence-electron chi connectivity index (χ0n) is 12.3. The van der Waals surface area contributed by atoms with Gasteiger partial charge in [0.15, 0.2) is 5.82 Å². The number of benzene rings is 1. The second-order valence-electron chi connectivity index (χ2n) is 5.15. The summed E-state index contributed by atoms with van der Waals surface area (Å²) >= 11 is 1.29. The topological polar surface area (TPSA) is 105 Å². The molecule has 120 valence electrons. The molecule has 0 radical (unpaired) electrons. The molecule has 1 aromatic heterocycles. The van der Waals surface area contributed by atoms with E-state index < -0.39 is 4.92 Å². The fourth-order valence-corrected chi connectivity index (χ4v) is 3.07. The van der Waals surface area contributed by atoms with Gasteiger partial charge in [-0.1, -0.05) is 11.8 Å². The highest BCUT2D eigenvalue weighted by molar-refractivity contribution is 7.99.